The Bertz CT molecular complexity index is 2030. The molecule has 15 heteroatoms. The van der Waals surface area contributed by atoms with E-state index >= 15 is 4.39 Å². The lowest BCUT2D eigenvalue weighted by Gasteiger charge is -2.30. The number of hydrogen-bond acceptors (Lipinski definition) is 10. The van der Waals surface area contributed by atoms with Crippen LogP contribution >= 0.6 is 7.75 Å². The highest BCUT2D eigenvalue weighted by Gasteiger charge is 2.67. The fourth-order valence-electron chi connectivity index (χ4n) is 5.93. The smallest absolute Gasteiger partial charge is 0.459 e. The van der Waals surface area contributed by atoms with Crippen LogP contribution in [0.5, 0.6) is 5.75 Å². The molecular formula is C33H34FN6O7P. The number of nitrogens with zero attached hydrogens (tertiary/aromatic N) is 4. The predicted molar refractivity (Wildman–Crippen MR) is 172 cm³/mol. The van der Waals surface area contributed by atoms with Crippen LogP contribution in [0.2, 0.25) is 0 Å². The lowest BCUT2D eigenvalue weighted by Crippen LogP contribution is -2.48. The number of hydrogen-bond donors (Lipinski definition) is 3. The van der Waals surface area contributed by atoms with E-state index in [1.165, 1.54) is 16.9 Å². The number of carbonyl (C=O) groups excluding carboxylic acids is 1. The molecule has 1 fully saturated rings. The van der Waals surface area contributed by atoms with E-state index in [1.807, 2.05) is 30.3 Å². The maximum absolute atomic E-state index is 16.6. The number of alkyl halides is 1. The maximum Gasteiger partial charge on any atom is 0.459 e. The summed E-state index contributed by atoms with van der Waals surface area (Å²) in [6.07, 6.45) is -0.371. The second-order valence-corrected chi connectivity index (χ2v) is 13.2. The van der Waals surface area contributed by atoms with Crippen molar-refractivity contribution in [3.05, 3.63) is 96.2 Å². The average Bonchev–Trinajstić information content (AvgIpc) is 3.75. The SMILES string of the molecule is CCOC(=O)[C@H](Cc1c[nH]c2ccccc12)NP(=O)(OC[C@H]1O[C@@](C#N)(c2ccc3c(C)ncnn23)[C@](C)(F)[C@@H]1O)Oc1ccccc1. The van der Waals surface area contributed by atoms with Crippen molar-refractivity contribution in [1.82, 2.24) is 24.7 Å². The van der Waals surface area contributed by atoms with Gasteiger partial charge in [-0.2, -0.15) is 15.4 Å². The molecule has 6 atom stereocenters. The van der Waals surface area contributed by atoms with Crippen molar-refractivity contribution >= 4 is 30.1 Å². The second-order valence-electron chi connectivity index (χ2n) is 11.5. The zero-order chi connectivity index (χ0) is 34.1. The van der Waals surface area contributed by atoms with Gasteiger partial charge in [-0.05, 0) is 56.7 Å². The number of fused-ring (bicyclic) bond motifs is 2. The molecule has 1 unspecified atom stereocenters. The average molecular weight is 677 g/mol. The molecule has 0 spiro atoms. The molecule has 1 saturated heterocycles. The number of nitrogens with one attached hydrogen (secondary N) is 2. The standard InChI is InChI=1S/C33H34FN6O7P/c1-4-44-31(42)26(16-22-17-36-25-13-9-8-12-24(22)25)39-48(43,47-23-10-6-5-7-11-23)45-18-28-30(41)32(3,34)33(19-35,46-28)29-15-14-27-21(2)37-20-38-40(27)29/h5-15,17,20,26,28,30,36,41H,4,16,18H2,1-3H3,(H,39,43)/t26-,28+,30+,32+,33-,48?/m0/s1. The normalized spacial score (nSPS) is 24.2. The molecule has 1 aliphatic rings. The minimum Gasteiger partial charge on any atom is -0.465 e. The van der Waals surface area contributed by atoms with Crippen LogP contribution in [-0.4, -0.2) is 67.8 Å². The summed E-state index contributed by atoms with van der Waals surface area (Å²) in [5.74, 6) is -0.565. The Morgan fingerprint density at radius 3 is 2.73 bits per heavy atom. The van der Waals surface area contributed by atoms with E-state index in [9.17, 15) is 19.7 Å². The lowest BCUT2D eigenvalue weighted by molar-refractivity contribution is -0.145. The van der Waals surface area contributed by atoms with E-state index < -0.39 is 49.8 Å². The van der Waals surface area contributed by atoms with Crippen LogP contribution in [0.1, 0.15) is 30.8 Å². The van der Waals surface area contributed by atoms with E-state index in [0.717, 1.165) is 23.4 Å². The van der Waals surface area contributed by atoms with E-state index in [2.05, 4.69) is 20.2 Å². The van der Waals surface area contributed by atoms with Crippen LogP contribution in [0.4, 0.5) is 4.39 Å². The third kappa shape index (κ3) is 5.96. The Labute approximate surface area is 275 Å². The van der Waals surface area contributed by atoms with Gasteiger partial charge in [-0.25, -0.2) is 18.5 Å². The van der Waals surface area contributed by atoms with Gasteiger partial charge >= 0.3 is 13.7 Å². The number of aryl methyl sites for hydroxylation is 1. The third-order valence-electron chi connectivity index (χ3n) is 8.45. The number of benzene rings is 2. The number of ether oxygens (including phenoxy) is 2. The van der Waals surface area contributed by atoms with Gasteiger partial charge in [-0.1, -0.05) is 36.4 Å². The van der Waals surface area contributed by atoms with Crippen molar-refractivity contribution in [2.45, 2.75) is 56.7 Å². The van der Waals surface area contributed by atoms with Crippen molar-refractivity contribution in [3.8, 4) is 11.8 Å². The zero-order valence-corrected chi connectivity index (χ0v) is 27.3. The number of halogens is 1. The van der Waals surface area contributed by atoms with Crippen molar-refractivity contribution in [3.63, 3.8) is 0 Å². The first kappa shape index (κ1) is 33.3. The lowest BCUT2D eigenvalue weighted by atomic mass is 9.82. The minimum absolute atomic E-state index is 0.0278. The Kier molecular flexibility index (Phi) is 9.08. The van der Waals surface area contributed by atoms with Gasteiger partial charge in [-0.15, -0.1) is 0 Å². The summed E-state index contributed by atoms with van der Waals surface area (Å²) in [7, 11) is -4.51. The van der Waals surface area contributed by atoms with Gasteiger partial charge in [0.1, 0.15) is 36.4 Å². The molecule has 5 aromatic rings. The zero-order valence-electron chi connectivity index (χ0n) is 26.4. The number of nitriles is 1. The van der Waals surface area contributed by atoms with Crippen LogP contribution in [0, 0.1) is 18.3 Å². The number of aromatic nitrogens is 4. The molecule has 13 nitrogen and oxygen atoms in total. The molecule has 0 radical (unpaired) electrons. The first-order valence-corrected chi connectivity index (χ1v) is 16.8. The van der Waals surface area contributed by atoms with Crippen molar-refractivity contribution in [1.29, 1.82) is 5.26 Å². The van der Waals surface area contributed by atoms with Gasteiger partial charge in [0, 0.05) is 23.5 Å². The molecular weight excluding hydrogens is 642 g/mol. The van der Waals surface area contributed by atoms with E-state index in [4.69, 9.17) is 18.5 Å². The number of aliphatic hydroxyl groups excluding tert-OH is 1. The van der Waals surface area contributed by atoms with Gasteiger partial charge in [0.2, 0.25) is 5.60 Å². The van der Waals surface area contributed by atoms with Crippen LogP contribution < -0.4 is 9.61 Å². The van der Waals surface area contributed by atoms with Crippen molar-refractivity contribution in [2.24, 2.45) is 0 Å². The Balaban J connectivity index is 1.31. The number of rotatable bonds is 12. The number of H-pyrrole nitrogens is 1. The Morgan fingerprint density at radius 2 is 1.98 bits per heavy atom. The minimum atomic E-state index is -4.51. The van der Waals surface area contributed by atoms with Crippen LogP contribution in [0.3, 0.4) is 0 Å². The number of para-hydroxylation sites is 2. The summed E-state index contributed by atoms with van der Waals surface area (Å²) in [4.78, 5) is 20.5. The monoisotopic (exact) mass is 676 g/mol. The summed E-state index contributed by atoms with van der Waals surface area (Å²) in [6, 6.07) is 19.4. The van der Waals surface area contributed by atoms with Gasteiger partial charge < -0.3 is 24.1 Å². The van der Waals surface area contributed by atoms with Gasteiger partial charge in [-0.3, -0.25) is 9.32 Å². The van der Waals surface area contributed by atoms with E-state index in [1.54, 1.807) is 56.4 Å². The molecule has 0 amide bonds. The molecule has 0 aliphatic carbocycles. The largest absolute Gasteiger partial charge is 0.465 e. The highest BCUT2D eigenvalue weighted by atomic mass is 31.2. The number of esters is 1. The topological polar surface area (TPSA) is 173 Å². The number of aliphatic hydroxyl groups is 1. The van der Waals surface area contributed by atoms with Gasteiger partial charge in [0.25, 0.3) is 0 Å². The first-order valence-electron chi connectivity index (χ1n) is 15.3. The summed E-state index contributed by atoms with van der Waals surface area (Å²) in [6.45, 7) is 3.79. The van der Waals surface area contributed by atoms with E-state index in [-0.39, 0.29) is 24.5 Å². The van der Waals surface area contributed by atoms with Crippen molar-refractivity contribution < 1.29 is 37.4 Å². The Hall–Kier alpha value is -4.64. The maximum atomic E-state index is 16.6. The summed E-state index contributed by atoms with van der Waals surface area (Å²) < 4.78 is 55.4. The van der Waals surface area contributed by atoms with Crippen LogP contribution in [-0.2, 0) is 35.4 Å². The fourth-order valence-corrected chi connectivity index (χ4v) is 7.44. The first-order chi connectivity index (χ1) is 23.0. The number of carbonyl (C=O) groups is 1. The molecule has 4 heterocycles. The van der Waals surface area contributed by atoms with Crippen LogP contribution in [0.25, 0.3) is 16.4 Å². The summed E-state index contributed by atoms with van der Waals surface area (Å²) >= 11 is 0. The molecule has 0 saturated carbocycles. The third-order valence-corrected chi connectivity index (χ3v) is 10.0. The molecule has 1 aliphatic heterocycles. The molecule has 6 rings (SSSR count). The Morgan fingerprint density at radius 1 is 1.23 bits per heavy atom. The second kappa shape index (κ2) is 13.1. The van der Waals surface area contributed by atoms with Gasteiger partial charge in [0.15, 0.2) is 5.67 Å². The van der Waals surface area contributed by atoms with Crippen molar-refractivity contribution in [2.75, 3.05) is 13.2 Å². The molecule has 48 heavy (non-hydrogen) atoms. The quantitative estimate of drug-likeness (QED) is 0.124. The molecule has 3 aromatic heterocycles. The van der Waals surface area contributed by atoms with Crippen LogP contribution in [0.15, 0.2) is 79.3 Å². The molecule has 250 valence electrons. The molecule has 3 N–H and O–H groups in total. The predicted octanol–water partition coefficient (Wildman–Crippen LogP) is 4.69. The highest BCUT2D eigenvalue weighted by Crippen LogP contribution is 2.52. The molecule has 2 aromatic carbocycles. The van der Waals surface area contributed by atoms with Gasteiger partial charge in [0.05, 0.1) is 30.1 Å². The number of aromatic amines is 1. The molecule has 0 bridgehead atoms. The summed E-state index contributed by atoms with van der Waals surface area (Å²) in [5, 5.41) is 29.3. The summed E-state index contributed by atoms with van der Waals surface area (Å²) in [5.41, 5.74) is -2.31. The van der Waals surface area contributed by atoms with E-state index in [0.29, 0.717) is 11.2 Å². The fraction of sp³-hybridized carbons (Fsp3) is 0.333. The highest BCUT2D eigenvalue weighted by molar-refractivity contribution is 7.52.